The Morgan fingerprint density at radius 1 is 1.27 bits per heavy atom. The molecule has 7 nitrogen and oxygen atoms in total. The summed E-state index contributed by atoms with van der Waals surface area (Å²) in [7, 11) is 0. The van der Waals surface area contributed by atoms with Gasteiger partial charge in [0, 0.05) is 26.2 Å². The lowest BCUT2D eigenvalue weighted by atomic mass is 10.3. The van der Waals surface area contributed by atoms with Crippen LogP contribution in [-0.4, -0.2) is 66.5 Å². The highest BCUT2D eigenvalue weighted by atomic mass is 32.1. The molecular formula is C14H16N4O3S. The summed E-state index contributed by atoms with van der Waals surface area (Å²) in [5, 5.41) is 2.02. The average Bonchev–Trinajstić information content (AvgIpc) is 2.99. The predicted molar refractivity (Wildman–Crippen MR) is 82.3 cm³/mol. The SMILES string of the molecule is O=C(OC1COC1)N1CCN(c2ncnc3ccsc23)CC1. The summed E-state index contributed by atoms with van der Waals surface area (Å²) in [5.41, 5.74) is 0.974. The van der Waals surface area contributed by atoms with E-state index >= 15 is 0 Å². The molecule has 2 aromatic rings. The maximum absolute atomic E-state index is 12.0. The minimum Gasteiger partial charge on any atom is -0.441 e. The number of aromatic nitrogens is 2. The van der Waals surface area contributed by atoms with Crippen molar-refractivity contribution in [3.05, 3.63) is 17.8 Å². The van der Waals surface area contributed by atoms with Crippen LogP contribution in [0.3, 0.4) is 0 Å². The number of hydrogen-bond acceptors (Lipinski definition) is 7. The van der Waals surface area contributed by atoms with Crippen molar-refractivity contribution >= 4 is 33.5 Å². The first-order valence-electron chi connectivity index (χ1n) is 7.28. The second-order valence-electron chi connectivity index (χ2n) is 5.35. The van der Waals surface area contributed by atoms with E-state index in [1.807, 2.05) is 11.4 Å². The quantitative estimate of drug-likeness (QED) is 0.832. The molecule has 2 saturated heterocycles. The summed E-state index contributed by atoms with van der Waals surface area (Å²) in [4.78, 5) is 24.7. The van der Waals surface area contributed by atoms with Crippen LogP contribution in [0.1, 0.15) is 0 Å². The molecule has 0 radical (unpaired) electrons. The molecule has 22 heavy (non-hydrogen) atoms. The number of carbonyl (C=O) groups is 1. The van der Waals surface area contributed by atoms with Crippen LogP contribution in [0.25, 0.3) is 10.2 Å². The zero-order valence-electron chi connectivity index (χ0n) is 12.0. The van der Waals surface area contributed by atoms with Crippen LogP contribution in [0.2, 0.25) is 0 Å². The number of hydrogen-bond donors (Lipinski definition) is 0. The molecule has 0 bridgehead atoms. The van der Waals surface area contributed by atoms with E-state index in [2.05, 4.69) is 14.9 Å². The molecule has 0 saturated carbocycles. The number of amides is 1. The summed E-state index contributed by atoms with van der Waals surface area (Å²) in [6.45, 7) is 3.82. The van der Waals surface area contributed by atoms with Gasteiger partial charge in [-0.2, -0.15) is 0 Å². The van der Waals surface area contributed by atoms with Crippen LogP contribution >= 0.6 is 11.3 Å². The molecular weight excluding hydrogens is 304 g/mol. The monoisotopic (exact) mass is 320 g/mol. The van der Waals surface area contributed by atoms with E-state index in [-0.39, 0.29) is 12.2 Å². The first kappa shape index (κ1) is 13.7. The van der Waals surface area contributed by atoms with Gasteiger partial charge in [0.15, 0.2) is 6.10 Å². The van der Waals surface area contributed by atoms with Crippen molar-refractivity contribution in [2.24, 2.45) is 0 Å². The molecule has 0 spiro atoms. The maximum atomic E-state index is 12.0. The number of ether oxygens (including phenoxy) is 2. The van der Waals surface area contributed by atoms with Crippen molar-refractivity contribution in [1.29, 1.82) is 0 Å². The zero-order valence-corrected chi connectivity index (χ0v) is 12.8. The van der Waals surface area contributed by atoms with Crippen molar-refractivity contribution in [3.63, 3.8) is 0 Å². The van der Waals surface area contributed by atoms with E-state index in [9.17, 15) is 4.79 Å². The van der Waals surface area contributed by atoms with Crippen LogP contribution in [0, 0.1) is 0 Å². The summed E-state index contributed by atoms with van der Waals surface area (Å²) >= 11 is 1.65. The minimum atomic E-state index is -0.239. The van der Waals surface area contributed by atoms with E-state index in [4.69, 9.17) is 9.47 Å². The summed E-state index contributed by atoms with van der Waals surface area (Å²) in [5.74, 6) is 0.959. The van der Waals surface area contributed by atoms with E-state index < -0.39 is 0 Å². The van der Waals surface area contributed by atoms with E-state index in [1.165, 1.54) is 0 Å². The lowest BCUT2D eigenvalue weighted by Gasteiger charge is -2.36. The van der Waals surface area contributed by atoms with Gasteiger partial charge in [-0.1, -0.05) is 0 Å². The Bertz CT molecular complexity index is 680. The number of fused-ring (bicyclic) bond motifs is 1. The number of piperazine rings is 1. The Kier molecular flexibility index (Phi) is 3.55. The Morgan fingerprint density at radius 3 is 2.82 bits per heavy atom. The zero-order chi connectivity index (χ0) is 14.9. The maximum Gasteiger partial charge on any atom is 0.410 e. The third-order valence-electron chi connectivity index (χ3n) is 3.94. The van der Waals surface area contributed by atoms with E-state index in [1.54, 1.807) is 22.6 Å². The second kappa shape index (κ2) is 5.69. The number of nitrogens with zero attached hydrogens (tertiary/aromatic N) is 4. The van der Waals surface area contributed by atoms with Gasteiger partial charge in [0.1, 0.15) is 12.1 Å². The molecule has 0 N–H and O–H groups in total. The molecule has 0 aromatic carbocycles. The molecule has 0 unspecified atom stereocenters. The second-order valence-corrected chi connectivity index (χ2v) is 6.27. The normalized spacial score (nSPS) is 19.3. The number of anilines is 1. The van der Waals surface area contributed by atoms with Crippen molar-refractivity contribution in [2.75, 3.05) is 44.3 Å². The Morgan fingerprint density at radius 2 is 2.09 bits per heavy atom. The fourth-order valence-electron chi connectivity index (χ4n) is 2.60. The van der Waals surface area contributed by atoms with E-state index in [0.29, 0.717) is 26.3 Å². The summed E-state index contributed by atoms with van der Waals surface area (Å²) in [6.07, 6.45) is 1.29. The highest BCUT2D eigenvalue weighted by molar-refractivity contribution is 7.17. The van der Waals surface area contributed by atoms with Gasteiger partial charge in [0.05, 0.1) is 23.4 Å². The standard InChI is InChI=1S/C14H16N4O3S/c19-14(21-10-7-20-8-10)18-4-2-17(3-5-18)13-12-11(1-6-22-12)15-9-16-13/h1,6,9-10H,2-5,7-8H2. The van der Waals surface area contributed by atoms with Crippen LogP contribution in [0.4, 0.5) is 10.6 Å². The minimum absolute atomic E-state index is 0.0712. The highest BCUT2D eigenvalue weighted by Crippen LogP contribution is 2.28. The molecule has 0 atom stereocenters. The summed E-state index contributed by atoms with van der Waals surface area (Å²) in [6, 6.07) is 2.00. The molecule has 0 aliphatic carbocycles. The number of carbonyl (C=O) groups excluding carboxylic acids is 1. The lowest BCUT2D eigenvalue weighted by molar-refractivity contribution is -0.104. The Hall–Kier alpha value is -1.93. The number of thiophene rings is 1. The first-order chi connectivity index (χ1) is 10.8. The third kappa shape index (κ3) is 2.48. The fourth-order valence-corrected chi connectivity index (χ4v) is 3.46. The van der Waals surface area contributed by atoms with Crippen LogP contribution in [0.5, 0.6) is 0 Å². The largest absolute Gasteiger partial charge is 0.441 e. The molecule has 1 amide bonds. The van der Waals surface area contributed by atoms with Gasteiger partial charge >= 0.3 is 6.09 Å². The van der Waals surface area contributed by atoms with Crippen LogP contribution in [0.15, 0.2) is 17.8 Å². The number of rotatable bonds is 2. The van der Waals surface area contributed by atoms with Crippen molar-refractivity contribution in [1.82, 2.24) is 14.9 Å². The van der Waals surface area contributed by atoms with Gasteiger partial charge in [-0.15, -0.1) is 11.3 Å². The van der Waals surface area contributed by atoms with Crippen molar-refractivity contribution < 1.29 is 14.3 Å². The van der Waals surface area contributed by atoms with Crippen LogP contribution in [-0.2, 0) is 9.47 Å². The van der Waals surface area contributed by atoms with Gasteiger partial charge in [-0.25, -0.2) is 14.8 Å². The van der Waals surface area contributed by atoms with Crippen LogP contribution < -0.4 is 4.90 Å². The lowest BCUT2D eigenvalue weighted by Crippen LogP contribution is -2.51. The molecule has 4 heterocycles. The average molecular weight is 320 g/mol. The van der Waals surface area contributed by atoms with Crippen molar-refractivity contribution in [3.8, 4) is 0 Å². The van der Waals surface area contributed by atoms with E-state index in [0.717, 1.165) is 29.1 Å². The van der Waals surface area contributed by atoms with Gasteiger partial charge < -0.3 is 19.3 Å². The van der Waals surface area contributed by atoms with Gasteiger partial charge in [0.2, 0.25) is 0 Å². The Balaban J connectivity index is 1.41. The molecule has 2 fully saturated rings. The Labute approximate surface area is 131 Å². The van der Waals surface area contributed by atoms with Crippen molar-refractivity contribution in [2.45, 2.75) is 6.10 Å². The predicted octanol–water partition coefficient (Wildman–Crippen LogP) is 1.35. The van der Waals surface area contributed by atoms with Gasteiger partial charge in [-0.3, -0.25) is 0 Å². The topological polar surface area (TPSA) is 67.8 Å². The van der Waals surface area contributed by atoms with Gasteiger partial charge in [0.25, 0.3) is 0 Å². The smallest absolute Gasteiger partial charge is 0.410 e. The first-order valence-corrected chi connectivity index (χ1v) is 8.16. The fraction of sp³-hybridized carbons (Fsp3) is 0.500. The molecule has 2 aliphatic heterocycles. The summed E-state index contributed by atoms with van der Waals surface area (Å²) < 4.78 is 11.5. The molecule has 2 aromatic heterocycles. The molecule has 8 heteroatoms. The molecule has 116 valence electrons. The third-order valence-corrected chi connectivity index (χ3v) is 4.84. The highest BCUT2D eigenvalue weighted by Gasteiger charge is 2.28. The van der Waals surface area contributed by atoms with Gasteiger partial charge in [-0.05, 0) is 11.4 Å². The molecule has 4 rings (SSSR count). The molecule has 2 aliphatic rings.